The molecule has 0 unspecified atom stereocenters. The van der Waals surface area contributed by atoms with Gasteiger partial charge in [-0.25, -0.2) is 4.39 Å². The van der Waals surface area contributed by atoms with Crippen molar-refractivity contribution in [2.75, 3.05) is 7.11 Å². The molecule has 1 aliphatic rings. The number of alkyl halides is 3. The Hall–Kier alpha value is -4.81. The van der Waals surface area contributed by atoms with Crippen molar-refractivity contribution in [2.45, 2.75) is 24.7 Å². The summed E-state index contributed by atoms with van der Waals surface area (Å²) in [5.74, 6) is 0.0832. The van der Waals surface area contributed by atoms with Gasteiger partial charge in [0, 0.05) is 24.7 Å². The number of hydrogen-bond acceptors (Lipinski definition) is 6. The maximum Gasteiger partial charge on any atom is 0.523 e. The Morgan fingerprint density at radius 1 is 0.889 bits per heavy atom. The maximum atomic E-state index is 13.7. The third-order valence-corrected chi connectivity index (χ3v) is 8.03. The number of amides is 1. The molecule has 1 aromatic heterocycles. The van der Waals surface area contributed by atoms with Gasteiger partial charge in [-0.1, -0.05) is 78.9 Å². The highest BCUT2D eigenvalue weighted by Crippen LogP contribution is 2.41. The lowest BCUT2D eigenvalue weighted by atomic mass is 10.00. The number of hydrogen-bond donors (Lipinski definition) is 0. The van der Waals surface area contributed by atoms with Gasteiger partial charge in [0.1, 0.15) is 17.4 Å². The number of pyridine rings is 1. The zero-order valence-electron chi connectivity index (χ0n) is 23.7. The number of ether oxygens (including phenoxy) is 1. The first-order valence-electron chi connectivity index (χ1n) is 13.6. The molecule has 0 aliphatic carbocycles. The lowest BCUT2D eigenvalue weighted by Crippen LogP contribution is -2.23. The van der Waals surface area contributed by atoms with Crippen LogP contribution in [0.4, 0.5) is 17.6 Å². The molecule has 232 valence electrons. The van der Waals surface area contributed by atoms with Crippen LogP contribution in [0.1, 0.15) is 38.7 Å². The van der Waals surface area contributed by atoms with Crippen molar-refractivity contribution in [2.24, 2.45) is 0 Å². The van der Waals surface area contributed by atoms with Crippen LogP contribution in [-0.2, 0) is 27.4 Å². The van der Waals surface area contributed by atoms with Crippen LogP contribution in [0.5, 0.6) is 5.75 Å². The van der Waals surface area contributed by atoms with E-state index in [0.717, 1.165) is 27.6 Å². The molecule has 0 bridgehead atoms. The smallest absolute Gasteiger partial charge is 0.478 e. The third kappa shape index (κ3) is 6.97. The standard InChI is InChI=1S/C31H23FN2O2.C2H3F3O3S/c32-26-15-13-21(14-16-26)19-34-20-25-18-24-12-7-17-33-28(24)30(27(25)31(34)35)36-29(22-8-3-1-4-9-22)23-10-5-2-6-11-23;1-8-9(6,7)2(3,4)5/h1-18,29H,19-20H2;1H3. The lowest BCUT2D eigenvalue weighted by Gasteiger charge is -2.22. The van der Waals surface area contributed by atoms with Crippen LogP contribution < -0.4 is 4.74 Å². The van der Waals surface area contributed by atoms with Crippen molar-refractivity contribution < 1.29 is 39.7 Å². The zero-order chi connectivity index (χ0) is 32.2. The van der Waals surface area contributed by atoms with E-state index in [2.05, 4.69) is 9.17 Å². The minimum atomic E-state index is -5.34. The third-order valence-electron chi connectivity index (χ3n) is 7.02. The molecule has 2 heterocycles. The lowest BCUT2D eigenvalue weighted by molar-refractivity contribution is -0.0526. The second kappa shape index (κ2) is 13.0. The number of carbonyl (C=O) groups excluding carboxylic acids is 1. The first-order valence-corrected chi connectivity index (χ1v) is 15.0. The van der Waals surface area contributed by atoms with Gasteiger partial charge in [-0.3, -0.25) is 14.0 Å². The Labute approximate surface area is 256 Å². The molecule has 0 saturated carbocycles. The van der Waals surface area contributed by atoms with E-state index in [4.69, 9.17) is 4.74 Å². The van der Waals surface area contributed by atoms with Gasteiger partial charge in [0.05, 0.1) is 12.7 Å². The van der Waals surface area contributed by atoms with Gasteiger partial charge in [-0.2, -0.15) is 21.6 Å². The maximum absolute atomic E-state index is 13.7. The van der Waals surface area contributed by atoms with E-state index in [-0.39, 0.29) is 11.7 Å². The molecule has 0 spiro atoms. The van der Waals surface area contributed by atoms with Gasteiger partial charge >= 0.3 is 15.6 Å². The Kier molecular flexibility index (Phi) is 9.16. The monoisotopic (exact) mass is 638 g/mol. The van der Waals surface area contributed by atoms with Crippen LogP contribution in [0.15, 0.2) is 109 Å². The molecule has 12 heteroatoms. The number of halogens is 4. The van der Waals surface area contributed by atoms with Crippen LogP contribution in [0.3, 0.4) is 0 Å². The minimum Gasteiger partial charge on any atom is -0.478 e. The van der Waals surface area contributed by atoms with E-state index in [1.54, 1.807) is 23.2 Å². The summed E-state index contributed by atoms with van der Waals surface area (Å²) in [6.07, 6.45) is 1.31. The minimum absolute atomic E-state index is 0.114. The number of aromatic nitrogens is 1. The van der Waals surface area contributed by atoms with Crippen molar-refractivity contribution in [3.8, 4) is 5.75 Å². The normalized spacial score (nSPS) is 13.0. The number of fused-ring (bicyclic) bond motifs is 2. The van der Waals surface area contributed by atoms with Gasteiger partial charge < -0.3 is 9.64 Å². The molecule has 45 heavy (non-hydrogen) atoms. The first-order chi connectivity index (χ1) is 21.5. The molecule has 4 aromatic carbocycles. The van der Waals surface area contributed by atoms with Gasteiger partial charge in [-0.05, 0) is 46.5 Å². The van der Waals surface area contributed by atoms with E-state index >= 15 is 0 Å². The second-order valence-corrected chi connectivity index (χ2v) is 11.7. The topological polar surface area (TPSA) is 85.8 Å². The van der Waals surface area contributed by atoms with Crippen molar-refractivity contribution in [3.63, 3.8) is 0 Å². The predicted molar refractivity (Wildman–Crippen MR) is 159 cm³/mol. The van der Waals surface area contributed by atoms with Crippen molar-refractivity contribution in [3.05, 3.63) is 143 Å². The summed E-state index contributed by atoms with van der Waals surface area (Å²) >= 11 is 0. The Morgan fingerprint density at radius 2 is 1.49 bits per heavy atom. The van der Waals surface area contributed by atoms with Gasteiger partial charge in [0.15, 0.2) is 5.75 Å². The summed E-state index contributed by atoms with van der Waals surface area (Å²) in [5.41, 5.74) is -0.364. The van der Waals surface area contributed by atoms with Gasteiger partial charge in [0.2, 0.25) is 0 Å². The van der Waals surface area contributed by atoms with Crippen LogP contribution in [0.25, 0.3) is 10.9 Å². The zero-order valence-corrected chi connectivity index (χ0v) is 24.6. The molecule has 0 fully saturated rings. The summed E-state index contributed by atoms with van der Waals surface area (Å²) in [4.78, 5) is 20.1. The van der Waals surface area contributed by atoms with Crippen molar-refractivity contribution in [1.29, 1.82) is 0 Å². The average molecular weight is 639 g/mol. The number of carbonyl (C=O) groups is 1. The average Bonchev–Trinajstić information content (AvgIpc) is 3.35. The molecule has 1 amide bonds. The fourth-order valence-corrected chi connectivity index (χ4v) is 5.08. The van der Waals surface area contributed by atoms with E-state index in [1.807, 2.05) is 78.9 Å². The van der Waals surface area contributed by atoms with Crippen LogP contribution in [0.2, 0.25) is 0 Å². The van der Waals surface area contributed by atoms with Crippen LogP contribution >= 0.6 is 0 Å². The van der Waals surface area contributed by atoms with Gasteiger partial charge in [-0.15, -0.1) is 0 Å². The molecule has 6 rings (SSSR count). The Morgan fingerprint density at radius 3 is 2.02 bits per heavy atom. The van der Waals surface area contributed by atoms with Gasteiger partial charge in [0.25, 0.3) is 5.91 Å². The highest BCUT2D eigenvalue weighted by Gasteiger charge is 2.46. The molecule has 0 atom stereocenters. The van der Waals surface area contributed by atoms with E-state index in [9.17, 15) is 30.8 Å². The Balaban J connectivity index is 0.000000390. The largest absolute Gasteiger partial charge is 0.523 e. The molecule has 5 aromatic rings. The second-order valence-electron chi connectivity index (χ2n) is 9.99. The summed E-state index contributed by atoms with van der Waals surface area (Å²) < 4.78 is 76.0. The molecule has 1 aliphatic heterocycles. The first kappa shape index (κ1) is 31.6. The number of nitrogens with zero attached hydrogens (tertiary/aromatic N) is 2. The molecule has 0 saturated heterocycles. The molecule has 7 nitrogen and oxygen atoms in total. The summed E-state index contributed by atoms with van der Waals surface area (Å²) in [6, 6.07) is 32.1. The van der Waals surface area contributed by atoms with Crippen LogP contribution in [-0.4, -0.2) is 36.8 Å². The molecular weight excluding hydrogens is 612 g/mol. The van der Waals surface area contributed by atoms with Crippen LogP contribution in [0, 0.1) is 5.82 Å². The molecule has 0 N–H and O–H groups in total. The SMILES string of the molecule is COS(=O)(=O)C(F)(F)F.O=C1c2c(cc3cccnc3c2OC(c2ccccc2)c2ccccc2)CN1Cc1ccc(F)cc1. The summed E-state index contributed by atoms with van der Waals surface area (Å²) in [5, 5.41) is 0.919. The quantitative estimate of drug-likeness (QED) is 0.107. The fraction of sp³-hybridized carbons (Fsp3) is 0.152. The van der Waals surface area contributed by atoms with E-state index in [1.165, 1.54) is 12.1 Å². The van der Waals surface area contributed by atoms with E-state index < -0.39 is 21.7 Å². The summed E-state index contributed by atoms with van der Waals surface area (Å²) in [6.45, 7) is 0.839. The Bertz CT molecular complexity index is 1860. The number of rotatable bonds is 7. The highest BCUT2D eigenvalue weighted by atomic mass is 32.2. The van der Waals surface area contributed by atoms with Crippen molar-refractivity contribution in [1.82, 2.24) is 9.88 Å². The summed E-state index contributed by atoms with van der Waals surface area (Å²) in [7, 11) is -4.89. The molecular formula is C33H26F4N2O5S. The predicted octanol–water partition coefficient (Wildman–Crippen LogP) is 7.18. The highest BCUT2D eigenvalue weighted by molar-refractivity contribution is 7.87. The molecule has 0 radical (unpaired) electrons. The number of benzene rings is 4. The fourth-order valence-electron chi connectivity index (χ4n) is 4.89. The van der Waals surface area contributed by atoms with Crippen molar-refractivity contribution >= 4 is 26.9 Å². The van der Waals surface area contributed by atoms with E-state index in [0.29, 0.717) is 37.0 Å².